The summed E-state index contributed by atoms with van der Waals surface area (Å²) in [5.41, 5.74) is 2.37. The monoisotopic (exact) mass is 313 g/mol. The lowest BCUT2D eigenvalue weighted by Gasteiger charge is -2.25. The number of aryl methyl sites for hydroxylation is 1. The average molecular weight is 314 g/mol. The molecule has 0 saturated carbocycles. The zero-order valence-corrected chi connectivity index (χ0v) is 13.3. The maximum absolute atomic E-state index is 12.6. The third kappa shape index (κ3) is 3.50. The van der Waals surface area contributed by atoms with Crippen molar-refractivity contribution in [2.45, 2.75) is 31.7 Å². The van der Waals surface area contributed by atoms with E-state index in [1.54, 1.807) is 0 Å². The molecule has 114 valence electrons. The Bertz CT molecular complexity index is 641. The number of likely N-dealkylation sites (tertiary alicyclic amines) is 1. The first kappa shape index (κ1) is 15.1. The van der Waals surface area contributed by atoms with Crippen LogP contribution in [0.25, 0.3) is 0 Å². The molecule has 0 N–H and O–H groups in total. The normalized spacial score (nSPS) is 17.7. The molecular formula is C19H20ClNO. The number of rotatable bonds is 4. The summed E-state index contributed by atoms with van der Waals surface area (Å²) in [7, 11) is 0. The van der Waals surface area contributed by atoms with Gasteiger partial charge >= 0.3 is 0 Å². The molecule has 1 amide bonds. The Morgan fingerprint density at radius 2 is 1.95 bits per heavy atom. The number of amides is 1. The van der Waals surface area contributed by atoms with E-state index in [0.717, 1.165) is 36.4 Å². The molecule has 0 radical (unpaired) electrons. The van der Waals surface area contributed by atoms with Crippen molar-refractivity contribution in [1.29, 1.82) is 0 Å². The van der Waals surface area contributed by atoms with Crippen molar-refractivity contribution in [2.24, 2.45) is 0 Å². The highest BCUT2D eigenvalue weighted by atomic mass is 35.5. The van der Waals surface area contributed by atoms with Gasteiger partial charge in [0.05, 0.1) is 6.04 Å². The van der Waals surface area contributed by atoms with Crippen LogP contribution in [-0.4, -0.2) is 17.4 Å². The molecule has 1 saturated heterocycles. The zero-order valence-electron chi connectivity index (χ0n) is 12.5. The average Bonchev–Trinajstić information content (AvgIpc) is 3.03. The fraction of sp³-hybridized carbons (Fsp3) is 0.316. The molecular weight excluding hydrogens is 294 g/mol. The van der Waals surface area contributed by atoms with Crippen LogP contribution in [-0.2, 0) is 11.2 Å². The van der Waals surface area contributed by atoms with Crippen LogP contribution in [0.5, 0.6) is 0 Å². The summed E-state index contributed by atoms with van der Waals surface area (Å²) < 4.78 is 0. The number of carbonyl (C=O) groups is 1. The fourth-order valence-electron chi connectivity index (χ4n) is 3.17. The van der Waals surface area contributed by atoms with Crippen molar-refractivity contribution >= 4 is 17.5 Å². The maximum atomic E-state index is 12.6. The van der Waals surface area contributed by atoms with E-state index in [2.05, 4.69) is 12.1 Å². The predicted octanol–water partition coefficient (Wildman–Crippen LogP) is 4.64. The lowest BCUT2D eigenvalue weighted by molar-refractivity contribution is -0.132. The number of halogens is 1. The maximum Gasteiger partial charge on any atom is 0.223 e. The Hall–Kier alpha value is -1.80. The minimum Gasteiger partial charge on any atom is -0.336 e. The highest BCUT2D eigenvalue weighted by molar-refractivity contribution is 6.30. The van der Waals surface area contributed by atoms with Crippen LogP contribution >= 0.6 is 11.6 Å². The fourth-order valence-corrected chi connectivity index (χ4v) is 3.39. The van der Waals surface area contributed by atoms with Crippen molar-refractivity contribution in [3.8, 4) is 0 Å². The summed E-state index contributed by atoms with van der Waals surface area (Å²) in [5, 5.41) is 0.730. The number of benzene rings is 2. The van der Waals surface area contributed by atoms with Gasteiger partial charge in [0.15, 0.2) is 0 Å². The van der Waals surface area contributed by atoms with Crippen molar-refractivity contribution in [1.82, 2.24) is 4.90 Å². The second-order valence-corrected chi connectivity index (χ2v) is 6.22. The Balaban J connectivity index is 1.64. The van der Waals surface area contributed by atoms with Crippen molar-refractivity contribution < 1.29 is 4.79 Å². The second-order valence-electron chi connectivity index (χ2n) is 5.79. The van der Waals surface area contributed by atoms with Crippen LogP contribution in [0.1, 0.15) is 36.4 Å². The lowest BCUT2D eigenvalue weighted by Crippen LogP contribution is -2.30. The van der Waals surface area contributed by atoms with Gasteiger partial charge in [0.1, 0.15) is 0 Å². The topological polar surface area (TPSA) is 20.3 Å². The number of nitrogens with zero attached hydrogens (tertiary/aromatic N) is 1. The molecule has 0 aromatic heterocycles. The smallest absolute Gasteiger partial charge is 0.223 e. The molecule has 1 aliphatic rings. The van der Waals surface area contributed by atoms with Gasteiger partial charge in [0.2, 0.25) is 5.91 Å². The molecule has 0 aliphatic carbocycles. The van der Waals surface area contributed by atoms with Crippen molar-refractivity contribution in [3.05, 3.63) is 70.7 Å². The summed E-state index contributed by atoms with van der Waals surface area (Å²) in [6.45, 7) is 0.869. The first-order chi connectivity index (χ1) is 10.7. The van der Waals surface area contributed by atoms with E-state index < -0.39 is 0 Å². The van der Waals surface area contributed by atoms with Crippen molar-refractivity contribution in [3.63, 3.8) is 0 Å². The standard InChI is InChI=1S/C19H20ClNO/c20-17-9-4-6-15(14-17)11-12-19(22)21-13-5-10-18(21)16-7-2-1-3-8-16/h1-4,6-9,14,18H,5,10-13H2. The van der Waals surface area contributed by atoms with Gasteiger partial charge < -0.3 is 4.90 Å². The van der Waals surface area contributed by atoms with Gasteiger partial charge in [-0.15, -0.1) is 0 Å². The van der Waals surface area contributed by atoms with Crippen LogP contribution in [0.3, 0.4) is 0 Å². The third-order valence-corrected chi connectivity index (χ3v) is 4.51. The van der Waals surface area contributed by atoms with Gasteiger partial charge in [0.25, 0.3) is 0 Å². The number of hydrogen-bond acceptors (Lipinski definition) is 1. The number of carbonyl (C=O) groups excluding carboxylic acids is 1. The molecule has 3 rings (SSSR count). The number of hydrogen-bond donors (Lipinski definition) is 0. The van der Waals surface area contributed by atoms with Crippen LogP contribution < -0.4 is 0 Å². The minimum atomic E-state index is 0.242. The van der Waals surface area contributed by atoms with Crippen LogP contribution in [0.4, 0.5) is 0 Å². The first-order valence-electron chi connectivity index (χ1n) is 7.83. The zero-order chi connectivity index (χ0) is 15.4. The summed E-state index contributed by atoms with van der Waals surface area (Å²) in [6, 6.07) is 18.3. The summed E-state index contributed by atoms with van der Waals surface area (Å²) >= 11 is 6.00. The molecule has 22 heavy (non-hydrogen) atoms. The molecule has 1 atom stereocenters. The van der Waals surface area contributed by atoms with Gasteiger partial charge in [-0.05, 0) is 42.5 Å². The molecule has 1 heterocycles. The molecule has 2 nitrogen and oxygen atoms in total. The van der Waals surface area contributed by atoms with Gasteiger partial charge in [-0.25, -0.2) is 0 Å². The molecule has 1 aliphatic heterocycles. The summed E-state index contributed by atoms with van der Waals surface area (Å²) in [5.74, 6) is 0.242. The van der Waals surface area contributed by atoms with E-state index in [0.29, 0.717) is 6.42 Å². The highest BCUT2D eigenvalue weighted by Crippen LogP contribution is 2.32. The van der Waals surface area contributed by atoms with E-state index in [9.17, 15) is 4.79 Å². The Morgan fingerprint density at radius 1 is 1.14 bits per heavy atom. The quantitative estimate of drug-likeness (QED) is 0.805. The summed E-state index contributed by atoms with van der Waals surface area (Å²) in [6.07, 6.45) is 3.44. The van der Waals surface area contributed by atoms with Crippen LogP contribution in [0.2, 0.25) is 5.02 Å². The van der Waals surface area contributed by atoms with Crippen molar-refractivity contribution in [2.75, 3.05) is 6.54 Å². The lowest BCUT2D eigenvalue weighted by atomic mass is 10.0. The molecule has 2 aromatic rings. The predicted molar refractivity (Wildman–Crippen MR) is 89.9 cm³/mol. The van der Waals surface area contributed by atoms with Gasteiger partial charge in [-0.2, -0.15) is 0 Å². The van der Waals surface area contributed by atoms with Crippen LogP contribution in [0, 0.1) is 0 Å². The van der Waals surface area contributed by atoms with Gasteiger partial charge in [-0.3, -0.25) is 4.79 Å². The molecule has 0 spiro atoms. The highest BCUT2D eigenvalue weighted by Gasteiger charge is 2.29. The molecule has 2 aromatic carbocycles. The van der Waals surface area contributed by atoms with E-state index >= 15 is 0 Å². The molecule has 1 fully saturated rings. The van der Waals surface area contributed by atoms with E-state index in [-0.39, 0.29) is 11.9 Å². The van der Waals surface area contributed by atoms with Gasteiger partial charge in [-0.1, -0.05) is 54.1 Å². The van der Waals surface area contributed by atoms with Gasteiger partial charge in [0, 0.05) is 18.0 Å². The van der Waals surface area contributed by atoms with E-state index in [1.807, 2.05) is 47.4 Å². The third-order valence-electron chi connectivity index (χ3n) is 4.27. The molecule has 3 heteroatoms. The Labute approximate surface area is 136 Å². The van der Waals surface area contributed by atoms with E-state index in [4.69, 9.17) is 11.6 Å². The largest absolute Gasteiger partial charge is 0.336 e. The minimum absolute atomic E-state index is 0.242. The van der Waals surface area contributed by atoms with Crippen LogP contribution in [0.15, 0.2) is 54.6 Å². The SMILES string of the molecule is O=C(CCc1cccc(Cl)c1)N1CCCC1c1ccccc1. The Morgan fingerprint density at radius 3 is 2.73 bits per heavy atom. The van der Waals surface area contributed by atoms with E-state index in [1.165, 1.54) is 5.56 Å². The summed E-state index contributed by atoms with van der Waals surface area (Å²) in [4.78, 5) is 14.6. The Kier molecular flexibility index (Phi) is 4.79. The molecule has 0 bridgehead atoms. The molecule has 1 unspecified atom stereocenters. The first-order valence-corrected chi connectivity index (χ1v) is 8.21. The second kappa shape index (κ2) is 6.97.